The Morgan fingerprint density at radius 2 is 2.10 bits per heavy atom. The summed E-state index contributed by atoms with van der Waals surface area (Å²) in [6, 6.07) is 0. The molecule has 0 amide bonds. The van der Waals surface area contributed by atoms with E-state index < -0.39 is 0 Å². The van der Waals surface area contributed by atoms with Gasteiger partial charge in [-0.25, -0.2) is 9.97 Å². The maximum atomic E-state index is 4.87. The van der Waals surface area contributed by atoms with Gasteiger partial charge in [-0.05, 0) is 42.4 Å². The number of nitrogens with zero attached hydrogens (tertiary/aromatic N) is 4. The second-order valence-corrected chi connectivity index (χ2v) is 6.59. The lowest BCUT2D eigenvalue weighted by Crippen LogP contribution is -2.10. The van der Waals surface area contributed by atoms with Gasteiger partial charge < -0.3 is 5.32 Å². The first-order valence-corrected chi connectivity index (χ1v) is 8.57. The highest BCUT2D eigenvalue weighted by Crippen LogP contribution is 2.37. The first-order chi connectivity index (χ1) is 10.2. The molecule has 0 aromatic carbocycles. The predicted octanol–water partition coefficient (Wildman–Crippen LogP) is 3.57. The van der Waals surface area contributed by atoms with E-state index in [4.69, 9.17) is 9.97 Å². The van der Waals surface area contributed by atoms with Crippen LogP contribution in [-0.4, -0.2) is 26.3 Å². The summed E-state index contributed by atoms with van der Waals surface area (Å²) in [6.07, 6.45) is 8.90. The van der Waals surface area contributed by atoms with Crippen molar-refractivity contribution in [2.75, 3.05) is 11.9 Å². The number of hydrogen-bond acceptors (Lipinski definition) is 4. The highest BCUT2D eigenvalue weighted by Gasteiger charge is 2.24. The third-order valence-corrected chi connectivity index (χ3v) is 4.99. The van der Waals surface area contributed by atoms with E-state index in [1.807, 2.05) is 19.4 Å². The van der Waals surface area contributed by atoms with Crippen LogP contribution < -0.4 is 5.32 Å². The molecule has 0 bridgehead atoms. The van der Waals surface area contributed by atoms with Crippen molar-refractivity contribution < 1.29 is 0 Å². The minimum atomic E-state index is 0.577. The van der Waals surface area contributed by atoms with Gasteiger partial charge in [0.05, 0.1) is 21.0 Å². The first-order valence-electron chi connectivity index (χ1n) is 7.49. The van der Waals surface area contributed by atoms with Gasteiger partial charge in [0.15, 0.2) is 5.82 Å². The van der Waals surface area contributed by atoms with Crippen LogP contribution in [0.4, 0.5) is 5.82 Å². The molecular formula is C15H20IN5. The maximum Gasteiger partial charge on any atom is 0.165 e. The highest BCUT2D eigenvalue weighted by atomic mass is 127. The van der Waals surface area contributed by atoms with Crippen LogP contribution in [0.2, 0.25) is 0 Å². The van der Waals surface area contributed by atoms with Crippen LogP contribution in [0.1, 0.15) is 44.2 Å². The van der Waals surface area contributed by atoms with Gasteiger partial charge in [-0.15, -0.1) is 0 Å². The van der Waals surface area contributed by atoms with Crippen LogP contribution in [0.25, 0.3) is 11.4 Å². The smallest absolute Gasteiger partial charge is 0.165 e. The minimum Gasteiger partial charge on any atom is -0.369 e. The lowest BCUT2D eigenvalue weighted by molar-refractivity contribution is 0.690. The third kappa shape index (κ3) is 3.04. The Morgan fingerprint density at radius 3 is 2.71 bits per heavy atom. The van der Waals surface area contributed by atoms with E-state index in [2.05, 4.69) is 39.9 Å². The second-order valence-electron chi connectivity index (χ2n) is 5.51. The van der Waals surface area contributed by atoms with E-state index in [0.29, 0.717) is 5.92 Å². The van der Waals surface area contributed by atoms with Crippen molar-refractivity contribution in [3.05, 3.63) is 21.7 Å². The molecule has 2 heterocycles. The molecule has 1 N–H and O–H groups in total. The molecule has 21 heavy (non-hydrogen) atoms. The number of aryl methyl sites for hydroxylation is 1. The number of anilines is 1. The van der Waals surface area contributed by atoms with Gasteiger partial charge >= 0.3 is 0 Å². The van der Waals surface area contributed by atoms with Crippen molar-refractivity contribution in [2.24, 2.45) is 7.05 Å². The summed E-state index contributed by atoms with van der Waals surface area (Å²) >= 11 is 2.39. The van der Waals surface area contributed by atoms with E-state index in [1.54, 1.807) is 4.68 Å². The summed E-state index contributed by atoms with van der Waals surface area (Å²) in [6.45, 7) is 2.96. The lowest BCUT2D eigenvalue weighted by Gasteiger charge is -2.15. The fraction of sp³-hybridized carbons (Fsp3) is 0.533. The van der Waals surface area contributed by atoms with E-state index >= 15 is 0 Å². The highest BCUT2D eigenvalue weighted by molar-refractivity contribution is 14.1. The van der Waals surface area contributed by atoms with Crippen molar-refractivity contribution >= 4 is 28.4 Å². The molecule has 0 atom stereocenters. The van der Waals surface area contributed by atoms with E-state index in [0.717, 1.165) is 23.8 Å². The molecule has 0 saturated heterocycles. The minimum absolute atomic E-state index is 0.577. The standard InChI is InChI=1S/C15H20IN5/c1-3-17-15-12(16)13(10-6-4-5-7-10)19-14(20-15)11-8-18-21(2)9-11/h8-10H,3-7H2,1-2H3,(H,17,19,20). The first kappa shape index (κ1) is 14.7. The predicted molar refractivity (Wildman–Crippen MR) is 92.3 cm³/mol. The van der Waals surface area contributed by atoms with E-state index in [-0.39, 0.29) is 0 Å². The van der Waals surface area contributed by atoms with Crippen LogP contribution >= 0.6 is 22.6 Å². The number of hydrogen-bond donors (Lipinski definition) is 1. The number of nitrogens with one attached hydrogen (secondary N) is 1. The van der Waals surface area contributed by atoms with Crippen LogP contribution in [0, 0.1) is 3.57 Å². The maximum absolute atomic E-state index is 4.87. The van der Waals surface area contributed by atoms with Crippen molar-refractivity contribution in [1.82, 2.24) is 19.7 Å². The second kappa shape index (κ2) is 6.29. The van der Waals surface area contributed by atoms with Crippen molar-refractivity contribution in [2.45, 2.75) is 38.5 Å². The Morgan fingerprint density at radius 1 is 1.33 bits per heavy atom. The summed E-state index contributed by atoms with van der Waals surface area (Å²) in [5.74, 6) is 2.31. The molecule has 1 aliphatic carbocycles. The Labute approximate surface area is 138 Å². The number of aromatic nitrogens is 4. The van der Waals surface area contributed by atoms with Gasteiger partial charge in [0.1, 0.15) is 5.82 Å². The summed E-state index contributed by atoms with van der Waals surface area (Å²) in [4.78, 5) is 9.56. The number of halogens is 1. The zero-order chi connectivity index (χ0) is 14.8. The average Bonchev–Trinajstić information content (AvgIpc) is 3.12. The number of rotatable bonds is 4. The van der Waals surface area contributed by atoms with E-state index in [9.17, 15) is 0 Å². The third-order valence-electron chi connectivity index (χ3n) is 3.93. The van der Waals surface area contributed by atoms with Gasteiger partial charge in [0, 0.05) is 25.7 Å². The molecule has 6 heteroatoms. The molecule has 3 rings (SSSR count). The zero-order valence-electron chi connectivity index (χ0n) is 12.4. The Kier molecular flexibility index (Phi) is 4.42. The molecule has 2 aromatic heterocycles. The Bertz CT molecular complexity index is 631. The molecule has 0 spiro atoms. The fourth-order valence-electron chi connectivity index (χ4n) is 2.88. The molecule has 1 aliphatic rings. The van der Waals surface area contributed by atoms with Crippen LogP contribution in [-0.2, 0) is 7.05 Å². The van der Waals surface area contributed by atoms with Crippen LogP contribution in [0.15, 0.2) is 12.4 Å². The lowest BCUT2D eigenvalue weighted by atomic mass is 10.0. The monoisotopic (exact) mass is 397 g/mol. The zero-order valence-corrected chi connectivity index (χ0v) is 14.6. The average molecular weight is 397 g/mol. The molecule has 0 aliphatic heterocycles. The normalized spacial score (nSPS) is 15.6. The van der Waals surface area contributed by atoms with Gasteiger partial charge in [0.25, 0.3) is 0 Å². The topological polar surface area (TPSA) is 55.6 Å². The Hall–Kier alpha value is -1.18. The largest absolute Gasteiger partial charge is 0.369 e. The van der Waals surface area contributed by atoms with Crippen LogP contribution in [0.3, 0.4) is 0 Å². The quantitative estimate of drug-likeness (QED) is 0.802. The van der Waals surface area contributed by atoms with Crippen molar-refractivity contribution in [3.8, 4) is 11.4 Å². The molecule has 1 fully saturated rings. The van der Waals surface area contributed by atoms with E-state index in [1.165, 1.54) is 34.9 Å². The van der Waals surface area contributed by atoms with Gasteiger partial charge in [-0.2, -0.15) is 5.10 Å². The molecular weight excluding hydrogens is 377 g/mol. The van der Waals surface area contributed by atoms with Crippen molar-refractivity contribution in [1.29, 1.82) is 0 Å². The SMILES string of the molecule is CCNc1nc(-c2cnn(C)c2)nc(C2CCCC2)c1I. The summed E-state index contributed by atoms with van der Waals surface area (Å²) < 4.78 is 2.97. The van der Waals surface area contributed by atoms with Gasteiger partial charge in [-0.3, -0.25) is 4.68 Å². The summed E-state index contributed by atoms with van der Waals surface area (Å²) in [5.41, 5.74) is 2.19. The summed E-state index contributed by atoms with van der Waals surface area (Å²) in [7, 11) is 1.92. The molecule has 0 unspecified atom stereocenters. The fourth-order valence-corrected chi connectivity index (χ4v) is 3.76. The van der Waals surface area contributed by atoms with Gasteiger partial charge in [0.2, 0.25) is 0 Å². The molecule has 2 aromatic rings. The molecule has 5 nitrogen and oxygen atoms in total. The Balaban J connectivity index is 2.07. The molecule has 112 valence electrons. The molecule has 1 saturated carbocycles. The summed E-state index contributed by atoms with van der Waals surface area (Å²) in [5, 5.41) is 7.60. The van der Waals surface area contributed by atoms with Crippen molar-refractivity contribution in [3.63, 3.8) is 0 Å². The molecule has 0 radical (unpaired) electrons. The van der Waals surface area contributed by atoms with Crippen LogP contribution in [0.5, 0.6) is 0 Å². The van der Waals surface area contributed by atoms with Gasteiger partial charge in [-0.1, -0.05) is 12.8 Å².